The second-order valence-corrected chi connectivity index (χ2v) is 5.71. The quantitative estimate of drug-likeness (QED) is 0.611. The van der Waals surface area contributed by atoms with Crippen molar-refractivity contribution in [3.05, 3.63) is 35.1 Å². The minimum absolute atomic E-state index is 0.0513. The van der Waals surface area contributed by atoms with Gasteiger partial charge in [-0.15, -0.1) is 0 Å². The summed E-state index contributed by atoms with van der Waals surface area (Å²) in [5.74, 6) is -1.49. The van der Waals surface area contributed by atoms with Crippen LogP contribution in [0.15, 0.2) is 18.2 Å². The van der Waals surface area contributed by atoms with Crippen LogP contribution in [0.25, 0.3) is 0 Å². The number of hydrogen-bond acceptors (Lipinski definition) is 5. The first-order valence-corrected chi connectivity index (χ1v) is 6.76. The molecule has 0 N–H and O–H groups in total. The number of hydrogen-bond donors (Lipinski definition) is 0. The molecular formula is C11H14FO5P. The Kier molecular flexibility index (Phi) is 5.02. The van der Waals surface area contributed by atoms with Crippen molar-refractivity contribution in [3.63, 3.8) is 0 Å². The summed E-state index contributed by atoms with van der Waals surface area (Å²) < 4.78 is 39.3. The van der Waals surface area contributed by atoms with E-state index in [1.165, 1.54) is 26.4 Å². The van der Waals surface area contributed by atoms with Crippen LogP contribution in [0.3, 0.4) is 0 Å². The molecule has 0 fully saturated rings. The van der Waals surface area contributed by atoms with Crippen LogP contribution in [0.1, 0.15) is 15.9 Å². The summed E-state index contributed by atoms with van der Waals surface area (Å²) >= 11 is 0. The lowest BCUT2D eigenvalue weighted by Gasteiger charge is -2.14. The van der Waals surface area contributed by atoms with Gasteiger partial charge in [-0.1, -0.05) is 6.07 Å². The molecule has 7 heteroatoms. The van der Waals surface area contributed by atoms with Crippen LogP contribution >= 0.6 is 7.60 Å². The zero-order valence-electron chi connectivity index (χ0n) is 10.3. The molecule has 0 heterocycles. The van der Waals surface area contributed by atoms with Crippen molar-refractivity contribution >= 4 is 13.6 Å². The van der Waals surface area contributed by atoms with E-state index in [1.54, 1.807) is 0 Å². The summed E-state index contributed by atoms with van der Waals surface area (Å²) in [5, 5.41) is 0. The first-order valence-electron chi connectivity index (χ1n) is 5.03. The van der Waals surface area contributed by atoms with Crippen LogP contribution in [-0.2, 0) is 24.5 Å². The highest BCUT2D eigenvalue weighted by atomic mass is 31.2. The molecule has 0 saturated heterocycles. The topological polar surface area (TPSA) is 61.8 Å². The molecule has 18 heavy (non-hydrogen) atoms. The Bertz CT molecular complexity index is 480. The maximum Gasteiger partial charge on any atom is 0.340 e. The molecule has 5 nitrogen and oxygen atoms in total. The lowest BCUT2D eigenvalue weighted by Crippen LogP contribution is -2.05. The number of methoxy groups -OCH3 is 1. The molecule has 0 aliphatic rings. The highest BCUT2D eigenvalue weighted by molar-refractivity contribution is 7.52. The molecule has 0 radical (unpaired) electrons. The van der Waals surface area contributed by atoms with E-state index < -0.39 is 19.4 Å². The third-order valence-electron chi connectivity index (χ3n) is 2.37. The molecule has 1 aromatic carbocycles. The molecule has 0 bridgehead atoms. The Morgan fingerprint density at radius 1 is 1.28 bits per heavy atom. The summed E-state index contributed by atoms with van der Waals surface area (Å²) in [6.45, 7) is 0. The largest absolute Gasteiger partial charge is 0.465 e. The van der Waals surface area contributed by atoms with Crippen molar-refractivity contribution in [3.8, 4) is 0 Å². The van der Waals surface area contributed by atoms with Crippen LogP contribution in [0, 0.1) is 5.82 Å². The van der Waals surface area contributed by atoms with Crippen molar-refractivity contribution in [1.82, 2.24) is 0 Å². The summed E-state index contributed by atoms with van der Waals surface area (Å²) in [5.41, 5.74) is 0.248. The van der Waals surface area contributed by atoms with Gasteiger partial charge in [0.05, 0.1) is 18.8 Å². The van der Waals surface area contributed by atoms with E-state index in [9.17, 15) is 13.8 Å². The Labute approximate surface area is 104 Å². The predicted molar refractivity (Wildman–Crippen MR) is 63.1 cm³/mol. The minimum Gasteiger partial charge on any atom is -0.465 e. The highest BCUT2D eigenvalue weighted by Crippen LogP contribution is 2.49. The number of esters is 1. The van der Waals surface area contributed by atoms with Gasteiger partial charge in [-0.25, -0.2) is 9.18 Å². The smallest absolute Gasteiger partial charge is 0.340 e. The third kappa shape index (κ3) is 3.38. The monoisotopic (exact) mass is 276 g/mol. The van der Waals surface area contributed by atoms with E-state index in [2.05, 4.69) is 4.74 Å². The molecule has 0 aliphatic carbocycles. The first-order chi connectivity index (χ1) is 8.45. The zero-order valence-corrected chi connectivity index (χ0v) is 11.2. The normalized spacial score (nSPS) is 11.3. The molecule has 0 atom stereocenters. The number of benzene rings is 1. The number of carbonyl (C=O) groups is 1. The van der Waals surface area contributed by atoms with Crippen LogP contribution in [0.4, 0.5) is 4.39 Å². The SMILES string of the molecule is COC(=O)c1cc(CP(=O)(OC)OC)ccc1F. The average molecular weight is 276 g/mol. The zero-order chi connectivity index (χ0) is 13.8. The van der Waals surface area contributed by atoms with Gasteiger partial charge in [0, 0.05) is 14.2 Å². The fraction of sp³-hybridized carbons (Fsp3) is 0.364. The van der Waals surface area contributed by atoms with E-state index >= 15 is 0 Å². The Morgan fingerprint density at radius 3 is 2.39 bits per heavy atom. The van der Waals surface area contributed by atoms with E-state index in [4.69, 9.17) is 9.05 Å². The van der Waals surface area contributed by atoms with Gasteiger partial charge < -0.3 is 13.8 Å². The molecule has 1 aromatic rings. The first kappa shape index (κ1) is 14.8. The Morgan fingerprint density at radius 2 is 1.89 bits per heavy atom. The number of ether oxygens (including phenoxy) is 1. The molecule has 0 unspecified atom stereocenters. The summed E-state index contributed by atoms with van der Waals surface area (Å²) in [7, 11) is 0.423. The summed E-state index contributed by atoms with van der Waals surface area (Å²) in [6.07, 6.45) is -0.0513. The van der Waals surface area contributed by atoms with Gasteiger partial charge in [-0.2, -0.15) is 0 Å². The number of halogens is 1. The van der Waals surface area contributed by atoms with Gasteiger partial charge in [-0.3, -0.25) is 4.57 Å². The van der Waals surface area contributed by atoms with Gasteiger partial charge in [0.25, 0.3) is 0 Å². The van der Waals surface area contributed by atoms with Gasteiger partial charge >= 0.3 is 13.6 Å². The Balaban J connectivity index is 3.06. The standard InChI is InChI=1S/C11H14FO5P/c1-15-11(13)9-6-8(4-5-10(9)12)7-18(14,16-2)17-3/h4-6H,7H2,1-3H3. The minimum atomic E-state index is -3.25. The second-order valence-electron chi connectivity index (χ2n) is 3.44. The fourth-order valence-electron chi connectivity index (χ4n) is 1.36. The highest BCUT2D eigenvalue weighted by Gasteiger charge is 2.23. The summed E-state index contributed by atoms with van der Waals surface area (Å²) in [6, 6.07) is 3.79. The maximum absolute atomic E-state index is 13.4. The molecule has 0 spiro atoms. The van der Waals surface area contributed by atoms with E-state index in [0.29, 0.717) is 5.56 Å². The Hall–Kier alpha value is -1.23. The van der Waals surface area contributed by atoms with Crippen molar-refractivity contribution in [1.29, 1.82) is 0 Å². The third-order valence-corrected chi connectivity index (χ3v) is 4.23. The maximum atomic E-state index is 13.4. The summed E-state index contributed by atoms with van der Waals surface area (Å²) in [4.78, 5) is 11.3. The van der Waals surface area contributed by atoms with E-state index in [1.807, 2.05) is 0 Å². The van der Waals surface area contributed by atoms with E-state index in [0.717, 1.165) is 13.2 Å². The molecule has 0 amide bonds. The molecule has 100 valence electrons. The average Bonchev–Trinajstić information content (AvgIpc) is 2.40. The molecule has 0 aliphatic heterocycles. The lowest BCUT2D eigenvalue weighted by atomic mass is 10.1. The fourth-order valence-corrected chi connectivity index (χ4v) is 2.42. The molecule has 0 saturated carbocycles. The second kappa shape index (κ2) is 6.09. The predicted octanol–water partition coefficient (Wildman–Crippen LogP) is 2.60. The van der Waals surface area contributed by atoms with Crippen LogP contribution in [0.5, 0.6) is 0 Å². The molecule has 0 aromatic heterocycles. The van der Waals surface area contributed by atoms with Crippen LogP contribution in [-0.4, -0.2) is 27.3 Å². The van der Waals surface area contributed by atoms with Crippen molar-refractivity contribution in [2.75, 3.05) is 21.3 Å². The molecular weight excluding hydrogens is 262 g/mol. The van der Waals surface area contributed by atoms with Crippen molar-refractivity contribution in [2.24, 2.45) is 0 Å². The number of rotatable bonds is 5. The van der Waals surface area contributed by atoms with Gasteiger partial charge in [0.15, 0.2) is 0 Å². The molecule has 1 rings (SSSR count). The van der Waals surface area contributed by atoms with Crippen molar-refractivity contribution < 1.29 is 27.5 Å². The van der Waals surface area contributed by atoms with Gasteiger partial charge in [0.2, 0.25) is 0 Å². The van der Waals surface area contributed by atoms with Crippen LogP contribution < -0.4 is 0 Å². The number of carbonyl (C=O) groups excluding carboxylic acids is 1. The lowest BCUT2D eigenvalue weighted by molar-refractivity contribution is 0.0595. The van der Waals surface area contributed by atoms with Gasteiger partial charge in [0.1, 0.15) is 5.82 Å². The van der Waals surface area contributed by atoms with Crippen LogP contribution in [0.2, 0.25) is 0 Å². The van der Waals surface area contributed by atoms with Gasteiger partial charge in [-0.05, 0) is 17.7 Å². The van der Waals surface area contributed by atoms with Crippen molar-refractivity contribution in [2.45, 2.75) is 6.16 Å². The van der Waals surface area contributed by atoms with E-state index in [-0.39, 0.29) is 11.7 Å².